The quantitative estimate of drug-likeness (QED) is 0.629. The average molecular weight is 363 g/mol. The lowest BCUT2D eigenvalue weighted by Gasteiger charge is -2.12. The summed E-state index contributed by atoms with van der Waals surface area (Å²) in [5.74, 6) is 0. The zero-order valence-corrected chi connectivity index (χ0v) is 14.3. The van der Waals surface area contributed by atoms with Gasteiger partial charge in [0.15, 0.2) is 0 Å². The lowest BCUT2D eigenvalue weighted by molar-refractivity contribution is -0.137. The minimum Gasteiger partial charge on any atom is -0.399 e. The summed E-state index contributed by atoms with van der Waals surface area (Å²) < 4.78 is 39.9. The molecule has 1 aromatic carbocycles. The van der Waals surface area contributed by atoms with Crippen molar-refractivity contribution in [2.75, 3.05) is 5.73 Å². The largest absolute Gasteiger partial charge is 0.417 e. The predicted molar refractivity (Wildman–Crippen MR) is 94.2 cm³/mol. The molecule has 3 rings (SSSR count). The lowest BCUT2D eigenvalue weighted by Crippen LogP contribution is -2.08. The summed E-state index contributed by atoms with van der Waals surface area (Å²) in [7, 11) is 0. The van der Waals surface area contributed by atoms with Crippen molar-refractivity contribution >= 4 is 17.0 Å². The summed E-state index contributed by atoms with van der Waals surface area (Å²) in [6.45, 7) is 2.07. The number of nitrogens with zero attached hydrogens (tertiary/aromatic N) is 2. The van der Waals surface area contributed by atoms with Crippen LogP contribution in [0.2, 0.25) is 0 Å². The standard InChI is InChI=1S/C18H16F3N3S/c1-2-3-13-8-11(6-7-23-13)17-24-16(10-25-17)14-5-4-12(22)9-15(14)18(19,20)21/h4-10H,2-3,22H2,1H3. The topological polar surface area (TPSA) is 51.8 Å². The first-order valence-electron chi connectivity index (χ1n) is 7.76. The molecule has 0 saturated heterocycles. The number of nitrogens with two attached hydrogens (primary N) is 1. The summed E-state index contributed by atoms with van der Waals surface area (Å²) in [4.78, 5) is 8.70. The van der Waals surface area contributed by atoms with Crippen LogP contribution in [0.1, 0.15) is 24.6 Å². The highest BCUT2D eigenvalue weighted by atomic mass is 32.1. The van der Waals surface area contributed by atoms with Gasteiger partial charge in [0.2, 0.25) is 0 Å². The van der Waals surface area contributed by atoms with Crippen LogP contribution in [-0.2, 0) is 12.6 Å². The lowest BCUT2D eigenvalue weighted by atomic mass is 10.0. The highest BCUT2D eigenvalue weighted by molar-refractivity contribution is 7.13. The fraction of sp³-hybridized carbons (Fsp3) is 0.222. The minimum absolute atomic E-state index is 0.0343. The molecule has 0 bridgehead atoms. The Kier molecular flexibility index (Phi) is 4.76. The summed E-state index contributed by atoms with van der Waals surface area (Å²) in [6, 6.07) is 7.51. The van der Waals surface area contributed by atoms with Crippen LogP contribution in [0.3, 0.4) is 0 Å². The Labute approximate surface area is 147 Å². The van der Waals surface area contributed by atoms with E-state index in [9.17, 15) is 13.2 Å². The van der Waals surface area contributed by atoms with E-state index in [4.69, 9.17) is 5.73 Å². The van der Waals surface area contributed by atoms with Gasteiger partial charge in [-0.15, -0.1) is 11.3 Å². The van der Waals surface area contributed by atoms with Crippen LogP contribution in [0, 0.1) is 0 Å². The fourth-order valence-corrected chi connectivity index (χ4v) is 3.37. The van der Waals surface area contributed by atoms with Crippen LogP contribution in [0.4, 0.5) is 18.9 Å². The highest BCUT2D eigenvalue weighted by Gasteiger charge is 2.34. The summed E-state index contributed by atoms with van der Waals surface area (Å²) >= 11 is 1.31. The number of halogens is 3. The molecular weight excluding hydrogens is 347 g/mol. The van der Waals surface area contributed by atoms with E-state index in [0.717, 1.165) is 30.2 Å². The number of hydrogen-bond acceptors (Lipinski definition) is 4. The van der Waals surface area contributed by atoms with Gasteiger partial charge >= 0.3 is 6.18 Å². The number of alkyl halides is 3. The van der Waals surface area contributed by atoms with Gasteiger partial charge in [0, 0.05) is 34.1 Å². The first-order chi connectivity index (χ1) is 11.9. The molecule has 0 fully saturated rings. The van der Waals surface area contributed by atoms with Crippen LogP contribution >= 0.6 is 11.3 Å². The second-order valence-electron chi connectivity index (χ2n) is 5.63. The second-order valence-corrected chi connectivity index (χ2v) is 6.48. The van der Waals surface area contributed by atoms with Gasteiger partial charge in [0.25, 0.3) is 0 Å². The summed E-state index contributed by atoms with van der Waals surface area (Å²) in [6.07, 6.45) is -0.965. The Hall–Kier alpha value is -2.41. The third-order valence-electron chi connectivity index (χ3n) is 3.70. The van der Waals surface area contributed by atoms with Crippen molar-refractivity contribution in [3.8, 4) is 21.8 Å². The van der Waals surface area contributed by atoms with E-state index in [-0.39, 0.29) is 11.3 Å². The second kappa shape index (κ2) is 6.84. The van der Waals surface area contributed by atoms with E-state index >= 15 is 0 Å². The molecule has 2 N–H and O–H groups in total. The van der Waals surface area contributed by atoms with Gasteiger partial charge in [-0.3, -0.25) is 4.98 Å². The molecule has 0 atom stereocenters. The number of nitrogen functional groups attached to an aromatic ring is 1. The fourth-order valence-electron chi connectivity index (χ4n) is 2.55. The summed E-state index contributed by atoms with van der Waals surface area (Å²) in [5, 5.41) is 2.30. The maximum atomic E-state index is 13.3. The van der Waals surface area contributed by atoms with Crippen LogP contribution in [-0.4, -0.2) is 9.97 Å². The van der Waals surface area contributed by atoms with Gasteiger partial charge in [-0.2, -0.15) is 13.2 Å². The Morgan fingerprint density at radius 1 is 1.16 bits per heavy atom. The molecule has 3 nitrogen and oxygen atoms in total. The van der Waals surface area contributed by atoms with E-state index in [0.29, 0.717) is 10.7 Å². The maximum absolute atomic E-state index is 13.3. The molecule has 0 radical (unpaired) electrons. The van der Waals surface area contributed by atoms with Crippen LogP contribution in [0.25, 0.3) is 21.8 Å². The number of aryl methyl sites for hydroxylation is 1. The smallest absolute Gasteiger partial charge is 0.399 e. The Morgan fingerprint density at radius 2 is 1.96 bits per heavy atom. The molecular formula is C18H16F3N3S. The van der Waals surface area contributed by atoms with E-state index in [1.807, 2.05) is 12.1 Å². The highest BCUT2D eigenvalue weighted by Crippen LogP contribution is 2.39. The molecule has 0 aliphatic rings. The van der Waals surface area contributed by atoms with Crippen LogP contribution < -0.4 is 5.73 Å². The van der Waals surface area contributed by atoms with Crippen molar-refractivity contribution in [2.24, 2.45) is 0 Å². The monoisotopic (exact) mass is 363 g/mol. The van der Waals surface area contributed by atoms with Gasteiger partial charge in [0.05, 0.1) is 11.3 Å². The predicted octanol–water partition coefficient (Wildman–Crippen LogP) is 5.43. The molecule has 2 aromatic heterocycles. The molecule has 0 aliphatic heterocycles. The van der Waals surface area contributed by atoms with E-state index in [2.05, 4.69) is 16.9 Å². The van der Waals surface area contributed by atoms with Gasteiger partial charge in [-0.05, 0) is 30.7 Å². The number of anilines is 1. The molecule has 25 heavy (non-hydrogen) atoms. The van der Waals surface area contributed by atoms with E-state index in [1.54, 1.807) is 11.6 Å². The Bertz CT molecular complexity index is 887. The zero-order chi connectivity index (χ0) is 18.0. The van der Waals surface area contributed by atoms with E-state index < -0.39 is 11.7 Å². The van der Waals surface area contributed by atoms with Gasteiger partial charge in [-0.25, -0.2) is 4.98 Å². The minimum atomic E-state index is -4.49. The zero-order valence-electron chi connectivity index (χ0n) is 13.5. The maximum Gasteiger partial charge on any atom is 0.417 e. The van der Waals surface area contributed by atoms with Crippen LogP contribution in [0.5, 0.6) is 0 Å². The number of thiazole rings is 1. The molecule has 0 spiro atoms. The number of pyridine rings is 1. The van der Waals surface area contributed by atoms with Crippen LogP contribution in [0.15, 0.2) is 41.9 Å². The number of aromatic nitrogens is 2. The van der Waals surface area contributed by atoms with Crippen molar-refractivity contribution in [1.82, 2.24) is 9.97 Å². The van der Waals surface area contributed by atoms with Gasteiger partial charge in [0.1, 0.15) is 5.01 Å². The Morgan fingerprint density at radius 3 is 2.68 bits per heavy atom. The molecule has 130 valence electrons. The van der Waals surface area contributed by atoms with Gasteiger partial charge in [-0.1, -0.05) is 19.4 Å². The van der Waals surface area contributed by atoms with Crippen molar-refractivity contribution in [2.45, 2.75) is 25.9 Å². The molecule has 7 heteroatoms. The third kappa shape index (κ3) is 3.82. The van der Waals surface area contributed by atoms with Crippen molar-refractivity contribution in [3.63, 3.8) is 0 Å². The Balaban J connectivity index is 2.01. The first kappa shape index (κ1) is 17.4. The van der Waals surface area contributed by atoms with Crippen molar-refractivity contribution in [1.29, 1.82) is 0 Å². The first-order valence-corrected chi connectivity index (χ1v) is 8.64. The molecule has 0 amide bonds. The normalized spacial score (nSPS) is 11.7. The molecule has 0 aliphatic carbocycles. The third-order valence-corrected chi connectivity index (χ3v) is 4.59. The number of benzene rings is 1. The van der Waals surface area contributed by atoms with Crippen molar-refractivity contribution < 1.29 is 13.2 Å². The molecule has 0 unspecified atom stereocenters. The number of hydrogen-bond donors (Lipinski definition) is 1. The number of rotatable bonds is 4. The van der Waals surface area contributed by atoms with Gasteiger partial charge < -0.3 is 5.73 Å². The molecule has 0 saturated carbocycles. The van der Waals surface area contributed by atoms with Crippen molar-refractivity contribution in [3.05, 3.63) is 53.2 Å². The molecule has 2 heterocycles. The van der Waals surface area contributed by atoms with E-state index in [1.165, 1.54) is 23.5 Å². The summed E-state index contributed by atoms with van der Waals surface area (Å²) in [5.41, 5.74) is 6.95. The average Bonchev–Trinajstić information content (AvgIpc) is 3.04. The SMILES string of the molecule is CCCc1cc(-c2nc(-c3ccc(N)cc3C(F)(F)F)cs2)ccn1. The molecule has 3 aromatic rings.